The fourth-order valence-corrected chi connectivity index (χ4v) is 6.02. The molecule has 0 radical (unpaired) electrons. The number of hydrogen-bond donors (Lipinski definition) is 1. The number of furan rings is 1. The number of fused-ring (bicyclic) bond motifs is 2. The highest BCUT2D eigenvalue weighted by Gasteiger charge is 2.29. The first-order chi connectivity index (χ1) is 16.2. The zero-order chi connectivity index (χ0) is 24.2. The second-order valence-corrected chi connectivity index (χ2v) is 10.8. The highest BCUT2D eigenvalue weighted by atomic mass is 32.2. The molecule has 3 aromatic heterocycles. The van der Waals surface area contributed by atoms with Gasteiger partial charge in [0.05, 0.1) is 16.2 Å². The van der Waals surface area contributed by atoms with Crippen LogP contribution >= 0.6 is 0 Å². The van der Waals surface area contributed by atoms with Gasteiger partial charge >= 0.3 is 0 Å². The Morgan fingerprint density at radius 3 is 2.56 bits per heavy atom. The van der Waals surface area contributed by atoms with Crippen molar-refractivity contribution in [1.82, 2.24) is 29.0 Å². The summed E-state index contributed by atoms with van der Waals surface area (Å²) >= 11 is 0. The van der Waals surface area contributed by atoms with Crippen molar-refractivity contribution in [2.24, 2.45) is 7.05 Å². The molecular weight excluding hydrogens is 456 g/mol. The lowest BCUT2D eigenvalue weighted by Gasteiger charge is -2.31. The molecule has 1 saturated heterocycles. The van der Waals surface area contributed by atoms with Crippen LogP contribution in [0.3, 0.4) is 0 Å². The fraction of sp³-hybridized carbons (Fsp3) is 0.435. The van der Waals surface area contributed by atoms with Crippen LogP contribution in [0.25, 0.3) is 33.4 Å². The molecule has 0 unspecified atom stereocenters. The maximum absolute atomic E-state index is 13.5. The number of nitrogens with zero attached hydrogens (tertiary/aromatic N) is 5. The number of piperazine rings is 1. The lowest BCUT2D eigenvalue weighted by Crippen LogP contribution is -2.47. The minimum atomic E-state index is -3.73. The van der Waals surface area contributed by atoms with E-state index in [9.17, 15) is 13.2 Å². The van der Waals surface area contributed by atoms with Gasteiger partial charge in [0, 0.05) is 38.6 Å². The topological polar surface area (TPSA) is 117 Å². The Morgan fingerprint density at radius 1 is 1.12 bits per heavy atom. The van der Waals surface area contributed by atoms with E-state index < -0.39 is 10.0 Å². The molecule has 5 rings (SSSR count). The molecule has 11 heteroatoms. The van der Waals surface area contributed by atoms with Gasteiger partial charge in [-0.05, 0) is 38.6 Å². The molecular formula is C23H28N6O4S. The number of sulfonamides is 1. The van der Waals surface area contributed by atoms with Gasteiger partial charge in [0.1, 0.15) is 22.7 Å². The maximum atomic E-state index is 13.5. The van der Waals surface area contributed by atoms with E-state index in [0.29, 0.717) is 65.9 Å². The van der Waals surface area contributed by atoms with Gasteiger partial charge in [-0.3, -0.25) is 9.48 Å². The molecule has 34 heavy (non-hydrogen) atoms. The highest BCUT2D eigenvalue weighted by Crippen LogP contribution is 2.34. The Kier molecular flexibility index (Phi) is 5.58. The number of likely N-dealkylation sites (N-methyl/N-ethyl adjacent to an activating group) is 1. The monoisotopic (exact) mass is 484 g/mol. The van der Waals surface area contributed by atoms with E-state index in [1.807, 2.05) is 14.0 Å². The molecule has 0 spiro atoms. The Morgan fingerprint density at radius 2 is 1.85 bits per heavy atom. The van der Waals surface area contributed by atoms with Crippen LogP contribution in [0.5, 0.6) is 0 Å². The molecule has 0 atom stereocenters. The van der Waals surface area contributed by atoms with E-state index in [-0.39, 0.29) is 16.3 Å². The Bertz CT molecular complexity index is 1560. The van der Waals surface area contributed by atoms with Crippen LogP contribution in [0.15, 0.2) is 32.3 Å². The molecule has 1 aliphatic rings. The summed E-state index contributed by atoms with van der Waals surface area (Å²) in [5, 5.41) is 5.11. The third-order valence-electron chi connectivity index (χ3n) is 6.32. The molecule has 10 nitrogen and oxygen atoms in total. The summed E-state index contributed by atoms with van der Waals surface area (Å²) in [6.45, 7) is 6.04. The van der Waals surface area contributed by atoms with Crippen LogP contribution in [0.1, 0.15) is 24.8 Å². The predicted molar refractivity (Wildman–Crippen MR) is 129 cm³/mol. The van der Waals surface area contributed by atoms with Gasteiger partial charge in [0.2, 0.25) is 10.0 Å². The lowest BCUT2D eigenvalue weighted by molar-refractivity contribution is 0.222. The maximum Gasteiger partial charge on any atom is 0.277 e. The number of aromatic nitrogens is 4. The molecule has 0 aliphatic carbocycles. The molecule has 0 amide bonds. The first-order valence-corrected chi connectivity index (χ1v) is 12.8. The summed E-state index contributed by atoms with van der Waals surface area (Å²) < 4.78 is 36.0. The molecule has 1 N–H and O–H groups in total. The first kappa shape index (κ1) is 22.8. The molecule has 0 bridgehead atoms. The fourth-order valence-electron chi connectivity index (χ4n) is 4.54. The second-order valence-electron chi connectivity index (χ2n) is 8.89. The number of aromatic amines is 1. The van der Waals surface area contributed by atoms with Gasteiger partial charge in [-0.1, -0.05) is 13.3 Å². The summed E-state index contributed by atoms with van der Waals surface area (Å²) in [4.78, 5) is 22.8. The van der Waals surface area contributed by atoms with E-state index in [1.54, 1.807) is 32.2 Å². The van der Waals surface area contributed by atoms with Gasteiger partial charge < -0.3 is 14.3 Å². The van der Waals surface area contributed by atoms with Crippen molar-refractivity contribution in [3.8, 4) is 11.4 Å². The number of benzene rings is 1. The van der Waals surface area contributed by atoms with Crippen LogP contribution in [0.2, 0.25) is 0 Å². The van der Waals surface area contributed by atoms with Gasteiger partial charge in [0.25, 0.3) is 5.56 Å². The molecule has 0 saturated carbocycles. The first-order valence-electron chi connectivity index (χ1n) is 11.4. The Labute approximate surface area is 197 Å². The molecule has 1 fully saturated rings. The zero-order valence-corrected chi connectivity index (χ0v) is 20.6. The molecule has 180 valence electrons. The molecule has 1 aliphatic heterocycles. The number of nitrogens with one attached hydrogen (secondary N) is 1. The highest BCUT2D eigenvalue weighted by molar-refractivity contribution is 7.89. The van der Waals surface area contributed by atoms with Crippen molar-refractivity contribution in [1.29, 1.82) is 0 Å². The van der Waals surface area contributed by atoms with Crippen LogP contribution in [0, 0.1) is 6.92 Å². The normalized spacial score (nSPS) is 16.1. The number of aryl methyl sites for hydroxylation is 3. The minimum absolute atomic E-state index is 0.156. The molecule has 4 aromatic rings. The molecule has 1 aromatic carbocycles. The van der Waals surface area contributed by atoms with Gasteiger partial charge in [-0.15, -0.1) is 0 Å². The number of rotatable bonds is 5. The zero-order valence-electron chi connectivity index (χ0n) is 19.8. The van der Waals surface area contributed by atoms with Crippen LogP contribution in [-0.2, 0) is 23.5 Å². The van der Waals surface area contributed by atoms with Gasteiger partial charge in [0.15, 0.2) is 5.52 Å². The third-order valence-corrected chi connectivity index (χ3v) is 8.19. The van der Waals surface area contributed by atoms with Gasteiger partial charge in [-0.2, -0.15) is 9.40 Å². The summed E-state index contributed by atoms with van der Waals surface area (Å²) in [5.74, 6) is 0.902. The SMILES string of the molecule is CCCc1nn(C)c2c(=O)[nH]c(-c3cc(S(=O)(=O)N4CCN(C)CC4)cc4cc(C)oc34)nc12. The van der Waals surface area contributed by atoms with Crippen molar-refractivity contribution in [3.05, 3.63) is 40.0 Å². The summed E-state index contributed by atoms with van der Waals surface area (Å²) in [6, 6.07) is 4.98. The Hall–Kier alpha value is -3.02. The molecule has 4 heterocycles. The quantitative estimate of drug-likeness (QED) is 0.462. The van der Waals surface area contributed by atoms with E-state index >= 15 is 0 Å². The van der Waals surface area contributed by atoms with Crippen LogP contribution < -0.4 is 5.56 Å². The van der Waals surface area contributed by atoms with Crippen molar-refractivity contribution in [2.75, 3.05) is 33.2 Å². The number of H-pyrrole nitrogens is 1. The van der Waals surface area contributed by atoms with Crippen molar-refractivity contribution in [2.45, 2.75) is 31.6 Å². The standard InChI is InChI=1S/C23H28N6O4S/c1-5-6-18-19-20(28(4)26-18)23(30)25-22(24-19)17-13-16(12-15-11-14(2)33-21(15)17)34(31,32)29-9-7-27(3)8-10-29/h11-13H,5-10H2,1-4H3,(H,24,25,30). The van der Waals surface area contributed by atoms with Gasteiger partial charge in [-0.25, -0.2) is 13.4 Å². The van der Waals surface area contributed by atoms with E-state index in [2.05, 4.69) is 15.0 Å². The van der Waals surface area contributed by atoms with Crippen LogP contribution in [0.4, 0.5) is 0 Å². The van der Waals surface area contributed by atoms with Crippen molar-refractivity contribution >= 4 is 32.0 Å². The lowest BCUT2D eigenvalue weighted by atomic mass is 10.1. The average Bonchev–Trinajstić information content (AvgIpc) is 3.32. The largest absolute Gasteiger partial charge is 0.461 e. The third kappa shape index (κ3) is 3.73. The summed E-state index contributed by atoms with van der Waals surface area (Å²) in [6.07, 6.45) is 1.54. The average molecular weight is 485 g/mol. The van der Waals surface area contributed by atoms with E-state index in [1.165, 1.54) is 8.99 Å². The van der Waals surface area contributed by atoms with Crippen molar-refractivity contribution in [3.63, 3.8) is 0 Å². The second kappa shape index (κ2) is 8.33. The smallest absolute Gasteiger partial charge is 0.277 e. The van der Waals surface area contributed by atoms with Crippen LogP contribution in [-0.4, -0.2) is 70.6 Å². The predicted octanol–water partition coefficient (Wildman–Crippen LogP) is 2.27. The van der Waals surface area contributed by atoms with E-state index in [0.717, 1.165) is 12.1 Å². The summed E-state index contributed by atoms with van der Waals surface area (Å²) in [7, 11) is -0.0391. The van der Waals surface area contributed by atoms with E-state index in [4.69, 9.17) is 9.40 Å². The Balaban J connectivity index is 1.72. The summed E-state index contributed by atoms with van der Waals surface area (Å²) in [5.41, 5.74) is 2.23. The minimum Gasteiger partial charge on any atom is -0.461 e. The van der Waals surface area contributed by atoms with Crippen molar-refractivity contribution < 1.29 is 12.8 Å². The number of hydrogen-bond acceptors (Lipinski definition) is 7.